The summed E-state index contributed by atoms with van der Waals surface area (Å²) in [6.07, 6.45) is 2.85. The van der Waals surface area contributed by atoms with Gasteiger partial charge >= 0.3 is 0 Å². The Kier molecular flexibility index (Phi) is 4.63. The van der Waals surface area contributed by atoms with Gasteiger partial charge < -0.3 is 24.7 Å². The van der Waals surface area contributed by atoms with Crippen LogP contribution in [0.1, 0.15) is 31.0 Å². The Labute approximate surface area is 153 Å². The second-order valence-corrected chi connectivity index (χ2v) is 7.17. The molecule has 0 radical (unpaired) electrons. The molecular formula is C20H27N3O3. The van der Waals surface area contributed by atoms with E-state index in [-0.39, 0.29) is 18.1 Å². The van der Waals surface area contributed by atoms with Crippen LogP contribution < -0.4 is 10.1 Å². The van der Waals surface area contributed by atoms with Gasteiger partial charge in [-0.05, 0) is 49.9 Å². The molecule has 140 valence electrons. The maximum Gasteiger partial charge on any atom is 0.248 e. The third-order valence-electron chi connectivity index (χ3n) is 5.83. The van der Waals surface area contributed by atoms with Crippen molar-refractivity contribution in [2.24, 2.45) is 0 Å². The summed E-state index contributed by atoms with van der Waals surface area (Å²) in [5.41, 5.74) is 3.78. The Morgan fingerprint density at radius 2 is 2.12 bits per heavy atom. The summed E-state index contributed by atoms with van der Waals surface area (Å²) in [5, 5.41) is 5.01. The monoisotopic (exact) mass is 357 g/mol. The average molecular weight is 357 g/mol. The highest BCUT2D eigenvalue weighted by atomic mass is 16.5. The fourth-order valence-electron chi connectivity index (χ4n) is 4.38. The van der Waals surface area contributed by atoms with Crippen molar-refractivity contribution in [2.75, 3.05) is 40.0 Å². The number of benzene rings is 1. The van der Waals surface area contributed by atoms with E-state index in [4.69, 9.17) is 9.47 Å². The van der Waals surface area contributed by atoms with Gasteiger partial charge in [-0.15, -0.1) is 0 Å². The average Bonchev–Trinajstić information content (AvgIpc) is 3.06. The minimum absolute atomic E-state index is 0.0672. The molecule has 1 amide bonds. The number of aromatic amines is 1. The predicted octanol–water partition coefficient (Wildman–Crippen LogP) is 2.18. The lowest BCUT2D eigenvalue weighted by Crippen LogP contribution is -2.55. The fraction of sp³-hybridized carbons (Fsp3) is 0.550. The lowest BCUT2D eigenvalue weighted by molar-refractivity contribution is -0.137. The summed E-state index contributed by atoms with van der Waals surface area (Å²) in [7, 11) is 1.71. The number of nitrogens with zero attached hydrogens (tertiary/aromatic N) is 1. The molecule has 1 saturated heterocycles. The number of methoxy groups -OCH3 is 1. The number of aromatic nitrogens is 1. The SMILES string of the molecule is CCOCC(=O)N1CCC2(CC1)NCCc1c2[nH]c2ccc(OC)cc12. The topological polar surface area (TPSA) is 66.6 Å². The Morgan fingerprint density at radius 3 is 2.85 bits per heavy atom. The van der Waals surface area contributed by atoms with E-state index in [1.807, 2.05) is 17.9 Å². The molecule has 1 spiro atoms. The zero-order chi connectivity index (χ0) is 18.1. The molecule has 0 aliphatic carbocycles. The first-order valence-corrected chi connectivity index (χ1v) is 9.46. The molecule has 0 saturated carbocycles. The smallest absolute Gasteiger partial charge is 0.248 e. The second kappa shape index (κ2) is 6.93. The van der Waals surface area contributed by atoms with Crippen molar-refractivity contribution in [1.82, 2.24) is 15.2 Å². The number of piperidine rings is 1. The predicted molar refractivity (Wildman–Crippen MR) is 101 cm³/mol. The second-order valence-electron chi connectivity index (χ2n) is 7.17. The summed E-state index contributed by atoms with van der Waals surface area (Å²) >= 11 is 0. The number of H-pyrrole nitrogens is 1. The Morgan fingerprint density at radius 1 is 1.31 bits per heavy atom. The Bertz CT molecular complexity index is 806. The highest BCUT2D eigenvalue weighted by Crippen LogP contribution is 2.40. The molecule has 2 N–H and O–H groups in total. The normalized spacial score (nSPS) is 18.9. The number of fused-ring (bicyclic) bond motifs is 4. The highest BCUT2D eigenvalue weighted by Gasteiger charge is 2.42. The van der Waals surface area contributed by atoms with Gasteiger partial charge in [0.25, 0.3) is 0 Å². The van der Waals surface area contributed by atoms with E-state index >= 15 is 0 Å². The molecule has 26 heavy (non-hydrogen) atoms. The van der Waals surface area contributed by atoms with Crippen LogP contribution in [-0.2, 0) is 21.5 Å². The molecule has 0 atom stereocenters. The van der Waals surface area contributed by atoms with Crippen molar-refractivity contribution >= 4 is 16.8 Å². The van der Waals surface area contributed by atoms with E-state index < -0.39 is 0 Å². The van der Waals surface area contributed by atoms with Gasteiger partial charge in [-0.1, -0.05) is 0 Å². The van der Waals surface area contributed by atoms with Crippen LogP contribution in [0.2, 0.25) is 0 Å². The Hall–Kier alpha value is -2.05. The molecule has 2 aliphatic rings. The third kappa shape index (κ3) is 2.87. The first-order valence-electron chi connectivity index (χ1n) is 9.46. The van der Waals surface area contributed by atoms with E-state index in [9.17, 15) is 4.79 Å². The quantitative estimate of drug-likeness (QED) is 0.880. The minimum Gasteiger partial charge on any atom is -0.497 e. The number of likely N-dealkylation sites (tertiary alicyclic amines) is 1. The number of hydrogen-bond donors (Lipinski definition) is 2. The van der Waals surface area contributed by atoms with E-state index in [0.717, 1.165) is 50.2 Å². The van der Waals surface area contributed by atoms with Crippen LogP contribution in [0, 0.1) is 0 Å². The zero-order valence-electron chi connectivity index (χ0n) is 15.6. The molecule has 6 nitrogen and oxygen atoms in total. The summed E-state index contributed by atoms with van der Waals surface area (Å²) in [5.74, 6) is 0.988. The van der Waals surface area contributed by atoms with Gasteiger partial charge in [0.2, 0.25) is 5.91 Å². The van der Waals surface area contributed by atoms with E-state index in [1.165, 1.54) is 16.6 Å². The Balaban J connectivity index is 1.59. The van der Waals surface area contributed by atoms with Crippen LogP contribution in [0.15, 0.2) is 18.2 Å². The minimum atomic E-state index is -0.0672. The van der Waals surface area contributed by atoms with E-state index in [2.05, 4.69) is 22.4 Å². The molecule has 3 heterocycles. The molecule has 4 rings (SSSR count). The highest BCUT2D eigenvalue weighted by molar-refractivity contribution is 5.87. The van der Waals surface area contributed by atoms with Crippen molar-refractivity contribution in [3.05, 3.63) is 29.5 Å². The molecule has 2 aliphatic heterocycles. The van der Waals surface area contributed by atoms with Crippen LogP contribution in [0.4, 0.5) is 0 Å². The number of amides is 1. The van der Waals surface area contributed by atoms with Crippen LogP contribution in [-0.4, -0.2) is 55.7 Å². The van der Waals surface area contributed by atoms with Gasteiger partial charge in [-0.2, -0.15) is 0 Å². The van der Waals surface area contributed by atoms with Crippen molar-refractivity contribution in [2.45, 2.75) is 31.7 Å². The number of nitrogens with one attached hydrogen (secondary N) is 2. The van der Waals surface area contributed by atoms with Crippen molar-refractivity contribution in [3.63, 3.8) is 0 Å². The first-order chi connectivity index (χ1) is 12.7. The fourth-order valence-corrected chi connectivity index (χ4v) is 4.38. The molecule has 6 heteroatoms. The van der Waals surface area contributed by atoms with Crippen LogP contribution in [0.3, 0.4) is 0 Å². The van der Waals surface area contributed by atoms with Gasteiger partial charge in [0.05, 0.1) is 12.6 Å². The molecule has 2 aromatic rings. The third-order valence-corrected chi connectivity index (χ3v) is 5.83. The van der Waals surface area contributed by atoms with Gasteiger partial charge in [-0.25, -0.2) is 0 Å². The summed E-state index contributed by atoms with van der Waals surface area (Å²) in [6.45, 7) is 5.16. The molecule has 1 aromatic carbocycles. The van der Waals surface area contributed by atoms with Crippen LogP contribution in [0.25, 0.3) is 10.9 Å². The van der Waals surface area contributed by atoms with Gasteiger partial charge in [0.1, 0.15) is 12.4 Å². The lowest BCUT2D eigenvalue weighted by Gasteiger charge is -2.44. The van der Waals surface area contributed by atoms with E-state index in [0.29, 0.717) is 6.61 Å². The van der Waals surface area contributed by atoms with Crippen LogP contribution in [0.5, 0.6) is 5.75 Å². The maximum atomic E-state index is 12.2. The lowest BCUT2D eigenvalue weighted by atomic mass is 9.79. The molecule has 1 aromatic heterocycles. The number of rotatable bonds is 4. The summed E-state index contributed by atoms with van der Waals surface area (Å²) in [6, 6.07) is 6.23. The summed E-state index contributed by atoms with van der Waals surface area (Å²) in [4.78, 5) is 17.8. The van der Waals surface area contributed by atoms with Gasteiger partial charge in [0, 0.05) is 42.8 Å². The standard InChI is InChI=1S/C20H27N3O3/c1-3-26-13-18(24)23-10-7-20(8-11-23)19-15(6-9-21-20)16-12-14(25-2)4-5-17(16)22-19/h4-5,12,21-22H,3,6-11,13H2,1-2H3. The molecular weight excluding hydrogens is 330 g/mol. The van der Waals surface area contributed by atoms with Crippen molar-refractivity contribution < 1.29 is 14.3 Å². The number of carbonyl (C=O) groups excluding carboxylic acids is 1. The number of hydrogen-bond acceptors (Lipinski definition) is 4. The molecule has 1 fully saturated rings. The van der Waals surface area contributed by atoms with Gasteiger partial charge in [0.15, 0.2) is 0 Å². The first kappa shape index (κ1) is 17.4. The maximum absolute atomic E-state index is 12.2. The molecule has 0 unspecified atom stereocenters. The number of carbonyl (C=O) groups is 1. The summed E-state index contributed by atoms with van der Waals surface area (Å²) < 4.78 is 10.7. The van der Waals surface area contributed by atoms with E-state index in [1.54, 1.807) is 7.11 Å². The van der Waals surface area contributed by atoms with Crippen molar-refractivity contribution in [1.29, 1.82) is 0 Å². The number of ether oxygens (including phenoxy) is 2. The van der Waals surface area contributed by atoms with Crippen LogP contribution >= 0.6 is 0 Å². The zero-order valence-corrected chi connectivity index (χ0v) is 15.6. The van der Waals surface area contributed by atoms with Crippen molar-refractivity contribution in [3.8, 4) is 5.75 Å². The largest absolute Gasteiger partial charge is 0.497 e. The molecule has 0 bridgehead atoms. The van der Waals surface area contributed by atoms with Gasteiger partial charge in [-0.3, -0.25) is 4.79 Å².